The minimum Gasteiger partial charge on any atom is 0 e. The summed E-state index contributed by atoms with van der Waals surface area (Å²) in [4.78, 5) is 15.0. The van der Waals surface area contributed by atoms with Crippen LogP contribution in [0.4, 0.5) is 0 Å². The van der Waals surface area contributed by atoms with Crippen molar-refractivity contribution in [2.45, 2.75) is 83.1 Å². The normalized spacial score (nSPS) is 13.2. The summed E-state index contributed by atoms with van der Waals surface area (Å²) in [5.74, 6) is 9.16. The largest absolute Gasteiger partial charge is 0 e. The molecule has 0 N–H and O–H groups in total. The van der Waals surface area contributed by atoms with E-state index >= 15 is 0 Å². The third-order valence-corrected chi connectivity index (χ3v) is 17.7. The third-order valence-electron chi connectivity index (χ3n) is 13.4. The Hall–Kier alpha value is -5.66. The number of pyridine rings is 2. The van der Waals surface area contributed by atoms with Crippen molar-refractivity contribution in [1.29, 1.82) is 0 Å². The Balaban J connectivity index is 0.000000194. The molecule has 0 spiro atoms. The number of hydrogen-bond donors (Lipinski definition) is 0. The van der Waals surface area contributed by atoms with E-state index in [0.29, 0.717) is 12.3 Å². The number of aromatic nitrogens is 4. The molecule has 6 aromatic carbocycles. The van der Waals surface area contributed by atoms with Crippen molar-refractivity contribution in [2.75, 3.05) is 0 Å². The second kappa shape index (κ2) is 19.3. The van der Waals surface area contributed by atoms with Gasteiger partial charge in [0.1, 0.15) is 0 Å². The van der Waals surface area contributed by atoms with E-state index < -0.39 is 13.3 Å². The Bertz CT molecular complexity index is 3300. The summed E-state index contributed by atoms with van der Waals surface area (Å²) in [5.41, 5.74) is 14.9. The molecule has 7 heteroatoms. The number of hydrogen-bond acceptors (Lipinski definition) is 4. The average molecular weight is 1100 g/mol. The molecule has 0 saturated heterocycles. The average Bonchev–Trinajstić information content (AvgIpc) is 3.89. The van der Waals surface area contributed by atoms with Gasteiger partial charge < -0.3 is 8.98 Å². The van der Waals surface area contributed by atoms with Crippen LogP contribution in [-0.4, -0.2) is 32.8 Å². The number of furan rings is 1. The summed E-state index contributed by atoms with van der Waals surface area (Å²) in [6.45, 7) is 7.05. The van der Waals surface area contributed by atoms with Crippen LogP contribution in [0.15, 0.2) is 144 Å². The van der Waals surface area contributed by atoms with Crippen molar-refractivity contribution < 1.29 is 24.5 Å². The first kappa shape index (κ1) is 45.5. The molecule has 10 aromatic rings. The van der Waals surface area contributed by atoms with E-state index in [0.717, 1.165) is 72.8 Å². The Kier molecular flexibility index (Phi) is 13.3. The quantitative estimate of drug-likeness (QED) is 0.112. The number of aryl methyl sites for hydroxylation is 3. The second-order valence-electron chi connectivity index (χ2n) is 19.1. The van der Waals surface area contributed by atoms with E-state index in [1.807, 2.05) is 12.1 Å². The summed E-state index contributed by atoms with van der Waals surface area (Å²) in [6, 6.07) is 53.4. The second-order valence-corrected chi connectivity index (χ2v) is 29.7. The maximum absolute atomic E-state index is 6.65. The van der Waals surface area contributed by atoms with Crippen LogP contribution in [0, 0.1) is 38.8 Å². The standard InChI is InChI=1S/C38H28N3O.C21H28GeN.Ir/c1-23-10-9-11-24(2)33(23)31-21-19-29-34-25(3)16-18-30(36(34)42-38(29)40-31)37-39-32-20-17-27-14-7-8-15-28(27)35(32)41(37)22-26-12-5-4-6-13-26;1-22(2,3)20-16-23-21(18-12-8-5-9-13-18)15-19(20)14-17-10-6-4-7-11-17;/h4-17,19-21H,22H2,1-3H3;5,8-9,12,15-17H,4,6-7,10-11,14H2,1-3H3;/q2*-1;. The van der Waals surface area contributed by atoms with Crippen LogP contribution >= 0.6 is 0 Å². The minimum atomic E-state index is -1.89. The van der Waals surface area contributed by atoms with Crippen LogP contribution in [0.25, 0.3) is 77.8 Å². The summed E-state index contributed by atoms with van der Waals surface area (Å²) in [6.07, 6.45) is 10.5. The molecule has 0 bridgehead atoms. The monoisotopic (exact) mass is 1100 g/mol. The fourth-order valence-corrected chi connectivity index (χ4v) is 13.5. The van der Waals surface area contributed by atoms with Gasteiger partial charge in [-0.15, -0.1) is 17.7 Å². The van der Waals surface area contributed by atoms with E-state index in [1.165, 1.54) is 66.0 Å². The maximum atomic E-state index is 6.65. The number of benzene rings is 6. The van der Waals surface area contributed by atoms with Gasteiger partial charge in [-0.05, 0) is 54.1 Å². The van der Waals surface area contributed by atoms with Crippen molar-refractivity contribution in [3.8, 4) is 33.9 Å². The zero-order valence-electron chi connectivity index (χ0n) is 38.8. The Morgan fingerprint density at radius 1 is 0.712 bits per heavy atom. The summed E-state index contributed by atoms with van der Waals surface area (Å²) in [7, 11) is 0. The molecule has 5 nitrogen and oxygen atoms in total. The van der Waals surface area contributed by atoms with Crippen LogP contribution < -0.4 is 4.40 Å². The van der Waals surface area contributed by atoms with E-state index in [1.54, 1.807) is 9.96 Å². The number of imidazole rings is 1. The third kappa shape index (κ3) is 9.08. The molecule has 333 valence electrons. The molecular weight excluding hydrogens is 1050 g/mol. The van der Waals surface area contributed by atoms with Gasteiger partial charge in [-0.25, -0.2) is 4.98 Å². The Morgan fingerprint density at radius 2 is 1.47 bits per heavy atom. The fourth-order valence-electron chi connectivity index (χ4n) is 10.1. The molecule has 1 aliphatic carbocycles. The molecule has 1 fully saturated rings. The van der Waals surface area contributed by atoms with Gasteiger partial charge in [0.15, 0.2) is 0 Å². The Morgan fingerprint density at radius 3 is 2.23 bits per heavy atom. The molecule has 1 radical (unpaired) electrons. The zero-order valence-corrected chi connectivity index (χ0v) is 43.3. The van der Waals surface area contributed by atoms with Crippen LogP contribution in [0.1, 0.15) is 59.9 Å². The topological polar surface area (TPSA) is 56.7 Å². The van der Waals surface area contributed by atoms with Crippen LogP contribution in [0.2, 0.25) is 17.3 Å². The molecule has 11 rings (SSSR count). The van der Waals surface area contributed by atoms with E-state index in [2.05, 4.69) is 182 Å². The Labute approximate surface area is 405 Å². The van der Waals surface area contributed by atoms with Gasteiger partial charge >= 0.3 is 144 Å². The summed E-state index contributed by atoms with van der Waals surface area (Å²) in [5, 5.41) is 4.43. The van der Waals surface area contributed by atoms with Crippen LogP contribution in [-0.2, 0) is 33.1 Å². The summed E-state index contributed by atoms with van der Waals surface area (Å²) < 4.78 is 10.6. The van der Waals surface area contributed by atoms with Gasteiger partial charge in [0, 0.05) is 43.0 Å². The number of rotatable bonds is 8. The first-order valence-corrected chi connectivity index (χ1v) is 30.6. The van der Waals surface area contributed by atoms with Crippen LogP contribution in [0.5, 0.6) is 0 Å². The number of nitrogens with zero attached hydrogens (tertiary/aromatic N) is 4. The van der Waals surface area contributed by atoms with E-state index in [4.69, 9.17) is 19.4 Å². The van der Waals surface area contributed by atoms with E-state index in [9.17, 15) is 0 Å². The predicted octanol–water partition coefficient (Wildman–Crippen LogP) is 14.8. The van der Waals surface area contributed by atoms with Gasteiger partial charge in [0.25, 0.3) is 0 Å². The van der Waals surface area contributed by atoms with Gasteiger partial charge in [-0.3, -0.25) is 4.98 Å². The predicted molar refractivity (Wildman–Crippen MR) is 274 cm³/mol. The fraction of sp³-hybridized carbons (Fsp3) is 0.237. The SMILES string of the molecule is Cc1cccc(C)c1-c1ccc2c(n1)oc1c(-c3nc4ccc5ccccc5c4n3Cc3ccccc3)[c-]cc(C)c12.[CH3][Ge]([CH3])([CH3])[c]1cnc(-c2[c-]cccc2)cc1CC1CCCCC1.[Ir]. The molecule has 4 heterocycles. The van der Waals surface area contributed by atoms with Gasteiger partial charge in [0.2, 0.25) is 5.71 Å². The molecule has 0 amide bonds. The molecule has 0 atom stereocenters. The van der Waals surface area contributed by atoms with Crippen molar-refractivity contribution in [3.63, 3.8) is 0 Å². The van der Waals surface area contributed by atoms with Crippen molar-refractivity contribution in [3.05, 3.63) is 180 Å². The van der Waals surface area contributed by atoms with Gasteiger partial charge in [-0.2, -0.15) is 0 Å². The molecule has 66 heavy (non-hydrogen) atoms. The molecule has 4 aromatic heterocycles. The first-order valence-electron chi connectivity index (χ1n) is 23.3. The molecule has 0 aliphatic heterocycles. The van der Waals surface area contributed by atoms with Gasteiger partial charge in [-0.1, -0.05) is 96.7 Å². The maximum Gasteiger partial charge on any atom is 0 e. The van der Waals surface area contributed by atoms with Crippen molar-refractivity contribution >= 4 is 61.5 Å². The molecule has 1 saturated carbocycles. The number of fused-ring (bicyclic) bond motifs is 6. The first-order chi connectivity index (χ1) is 31.6. The van der Waals surface area contributed by atoms with Crippen molar-refractivity contribution in [1.82, 2.24) is 19.5 Å². The van der Waals surface area contributed by atoms with Crippen molar-refractivity contribution in [2.24, 2.45) is 5.92 Å². The molecule has 0 unspecified atom stereocenters. The van der Waals surface area contributed by atoms with Crippen LogP contribution in [0.3, 0.4) is 0 Å². The zero-order chi connectivity index (χ0) is 44.7. The molecular formula is C59H56GeIrN4O-2. The smallest absolute Gasteiger partial charge is 0 e. The minimum absolute atomic E-state index is 0. The van der Waals surface area contributed by atoms with Gasteiger partial charge in [0.05, 0.1) is 28.1 Å². The van der Waals surface area contributed by atoms with E-state index in [-0.39, 0.29) is 20.1 Å². The molecule has 1 aliphatic rings. The summed E-state index contributed by atoms with van der Waals surface area (Å²) >= 11 is -1.89.